The molecule has 0 saturated heterocycles. The molecule has 106 valence electrons. The molecule has 0 spiro atoms. The molecule has 0 aliphatic rings. The van der Waals surface area contributed by atoms with Crippen molar-refractivity contribution in [1.29, 1.82) is 0 Å². The van der Waals surface area contributed by atoms with Gasteiger partial charge in [0.25, 0.3) is 0 Å². The van der Waals surface area contributed by atoms with E-state index in [1.807, 2.05) is 51.4 Å². The summed E-state index contributed by atoms with van der Waals surface area (Å²) in [6.07, 6.45) is 0.666. The lowest BCUT2D eigenvalue weighted by atomic mass is 9.86. The second-order valence-electron chi connectivity index (χ2n) is 4.80. The molecule has 0 aliphatic carbocycles. The zero-order chi connectivity index (χ0) is 14.3. The number of nitrogens with one attached hydrogen (secondary N) is 1. The molecule has 1 rings (SSSR count). The second kappa shape index (κ2) is 7.26. The summed E-state index contributed by atoms with van der Waals surface area (Å²) in [5, 5.41) is 3.17. The average Bonchev–Trinajstić information content (AvgIpc) is 2.41. The first kappa shape index (κ1) is 15.7. The Morgan fingerprint density at radius 1 is 1.32 bits per heavy atom. The molecule has 1 atom stereocenters. The fourth-order valence-corrected chi connectivity index (χ4v) is 2.10. The normalized spacial score (nSPS) is 14.2. The molecule has 1 aromatic rings. The molecule has 1 unspecified atom stereocenters. The molecule has 1 N–H and O–H groups in total. The first-order chi connectivity index (χ1) is 9.06. The fourth-order valence-electron chi connectivity index (χ4n) is 2.10. The third-order valence-corrected chi connectivity index (χ3v) is 3.25. The molecule has 0 aliphatic heterocycles. The van der Waals surface area contributed by atoms with Crippen LogP contribution >= 0.6 is 0 Å². The van der Waals surface area contributed by atoms with Crippen molar-refractivity contribution in [3.63, 3.8) is 0 Å². The lowest BCUT2D eigenvalue weighted by Crippen LogP contribution is -2.50. The summed E-state index contributed by atoms with van der Waals surface area (Å²) in [7, 11) is 5.80. The predicted octanol–water partition coefficient (Wildman–Crippen LogP) is 1.62. The van der Waals surface area contributed by atoms with Gasteiger partial charge in [-0.05, 0) is 40.1 Å². The SMILES string of the molecule is CCOC(=O)C(CCN(C)C)(NC)c1ccccc1. The van der Waals surface area contributed by atoms with Crippen LogP contribution in [-0.4, -0.2) is 45.2 Å². The molecular formula is C15H24N2O2. The lowest BCUT2D eigenvalue weighted by molar-refractivity contribution is -0.152. The molecule has 0 bridgehead atoms. The van der Waals surface area contributed by atoms with Crippen molar-refractivity contribution in [3.05, 3.63) is 35.9 Å². The summed E-state index contributed by atoms with van der Waals surface area (Å²) in [4.78, 5) is 14.5. The molecule has 0 saturated carbocycles. The van der Waals surface area contributed by atoms with Gasteiger partial charge in [0.1, 0.15) is 5.54 Å². The van der Waals surface area contributed by atoms with Gasteiger partial charge in [-0.15, -0.1) is 0 Å². The van der Waals surface area contributed by atoms with Crippen LogP contribution in [0.2, 0.25) is 0 Å². The molecule has 0 fully saturated rings. The van der Waals surface area contributed by atoms with Gasteiger partial charge in [0.15, 0.2) is 0 Å². The maximum absolute atomic E-state index is 12.4. The van der Waals surface area contributed by atoms with Crippen LogP contribution in [-0.2, 0) is 15.1 Å². The molecule has 0 aromatic heterocycles. The predicted molar refractivity (Wildman–Crippen MR) is 77.0 cm³/mol. The van der Waals surface area contributed by atoms with Crippen molar-refractivity contribution in [2.75, 3.05) is 34.3 Å². The third kappa shape index (κ3) is 3.78. The van der Waals surface area contributed by atoms with Crippen molar-refractivity contribution < 1.29 is 9.53 Å². The van der Waals surface area contributed by atoms with Crippen LogP contribution < -0.4 is 5.32 Å². The summed E-state index contributed by atoms with van der Waals surface area (Å²) in [6.45, 7) is 3.01. The van der Waals surface area contributed by atoms with E-state index < -0.39 is 5.54 Å². The first-order valence-electron chi connectivity index (χ1n) is 6.63. The summed E-state index contributed by atoms with van der Waals surface area (Å²) < 4.78 is 5.27. The Hall–Kier alpha value is -1.39. The Kier molecular flexibility index (Phi) is 5.99. The van der Waals surface area contributed by atoms with Crippen LogP contribution in [0.25, 0.3) is 0 Å². The third-order valence-electron chi connectivity index (χ3n) is 3.25. The number of rotatable bonds is 7. The van der Waals surface area contributed by atoms with Gasteiger partial charge in [0.2, 0.25) is 0 Å². The van der Waals surface area contributed by atoms with E-state index in [0.29, 0.717) is 13.0 Å². The average molecular weight is 264 g/mol. The smallest absolute Gasteiger partial charge is 0.331 e. The number of carbonyl (C=O) groups is 1. The van der Waals surface area contributed by atoms with Crippen molar-refractivity contribution in [2.45, 2.75) is 18.9 Å². The van der Waals surface area contributed by atoms with Gasteiger partial charge in [-0.1, -0.05) is 30.3 Å². The standard InChI is InChI=1S/C15H24N2O2/c1-5-19-14(18)15(16-2,11-12-17(3)4)13-9-7-6-8-10-13/h6-10,16H,5,11-12H2,1-4H3. The van der Waals surface area contributed by atoms with Gasteiger partial charge in [0.05, 0.1) is 6.61 Å². The van der Waals surface area contributed by atoms with Crippen LogP contribution in [0.1, 0.15) is 18.9 Å². The van der Waals surface area contributed by atoms with Crippen molar-refractivity contribution in [1.82, 2.24) is 10.2 Å². The highest BCUT2D eigenvalue weighted by atomic mass is 16.5. The minimum Gasteiger partial charge on any atom is -0.464 e. The van der Waals surface area contributed by atoms with Gasteiger partial charge >= 0.3 is 5.97 Å². The van der Waals surface area contributed by atoms with E-state index in [2.05, 4.69) is 10.2 Å². The Bertz CT molecular complexity index is 392. The highest BCUT2D eigenvalue weighted by Crippen LogP contribution is 2.26. The number of hydrogen-bond acceptors (Lipinski definition) is 4. The van der Waals surface area contributed by atoms with E-state index in [4.69, 9.17) is 4.74 Å². The number of ether oxygens (including phenoxy) is 1. The minimum absolute atomic E-state index is 0.217. The summed E-state index contributed by atoms with van der Waals surface area (Å²) in [5.41, 5.74) is 0.166. The Morgan fingerprint density at radius 2 is 1.95 bits per heavy atom. The quantitative estimate of drug-likeness (QED) is 0.760. The maximum atomic E-state index is 12.4. The first-order valence-corrected chi connectivity index (χ1v) is 6.63. The Labute approximate surface area is 115 Å². The number of benzene rings is 1. The summed E-state index contributed by atoms with van der Waals surface area (Å²) in [5.74, 6) is -0.217. The van der Waals surface area contributed by atoms with Crippen molar-refractivity contribution in [3.8, 4) is 0 Å². The van der Waals surface area contributed by atoms with Gasteiger partial charge in [-0.2, -0.15) is 0 Å². The summed E-state index contributed by atoms with van der Waals surface area (Å²) >= 11 is 0. The van der Waals surface area contributed by atoms with Gasteiger partial charge in [-0.25, -0.2) is 4.79 Å². The topological polar surface area (TPSA) is 41.6 Å². The zero-order valence-electron chi connectivity index (χ0n) is 12.3. The van der Waals surface area contributed by atoms with E-state index in [0.717, 1.165) is 12.1 Å². The van der Waals surface area contributed by atoms with E-state index in [1.54, 1.807) is 7.05 Å². The summed E-state index contributed by atoms with van der Waals surface area (Å²) in [6, 6.07) is 9.75. The molecule has 0 radical (unpaired) electrons. The van der Waals surface area contributed by atoms with E-state index in [1.165, 1.54) is 0 Å². The molecule has 0 heterocycles. The highest BCUT2D eigenvalue weighted by Gasteiger charge is 2.39. The van der Waals surface area contributed by atoms with E-state index >= 15 is 0 Å². The number of hydrogen-bond donors (Lipinski definition) is 1. The molecular weight excluding hydrogens is 240 g/mol. The van der Waals surface area contributed by atoms with Gasteiger partial charge < -0.3 is 15.0 Å². The second-order valence-corrected chi connectivity index (χ2v) is 4.80. The number of carbonyl (C=O) groups excluding carboxylic acids is 1. The molecule has 0 amide bonds. The zero-order valence-corrected chi connectivity index (χ0v) is 12.3. The lowest BCUT2D eigenvalue weighted by Gasteiger charge is -2.32. The molecule has 19 heavy (non-hydrogen) atoms. The monoisotopic (exact) mass is 264 g/mol. The van der Waals surface area contributed by atoms with E-state index in [-0.39, 0.29) is 5.97 Å². The largest absolute Gasteiger partial charge is 0.464 e. The Balaban J connectivity index is 3.09. The van der Waals surface area contributed by atoms with Crippen LogP contribution in [0.3, 0.4) is 0 Å². The Morgan fingerprint density at radius 3 is 2.42 bits per heavy atom. The maximum Gasteiger partial charge on any atom is 0.331 e. The number of nitrogens with zero attached hydrogens (tertiary/aromatic N) is 1. The number of likely N-dealkylation sites (N-methyl/N-ethyl adjacent to an activating group) is 1. The molecule has 4 heteroatoms. The van der Waals surface area contributed by atoms with Crippen LogP contribution in [0.15, 0.2) is 30.3 Å². The van der Waals surface area contributed by atoms with Crippen LogP contribution in [0.4, 0.5) is 0 Å². The van der Waals surface area contributed by atoms with Gasteiger partial charge in [0, 0.05) is 6.54 Å². The van der Waals surface area contributed by atoms with Gasteiger partial charge in [-0.3, -0.25) is 0 Å². The molecule has 1 aromatic carbocycles. The van der Waals surface area contributed by atoms with Crippen LogP contribution in [0.5, 0.6) is 0 Å². The van der Waals surface area contributed by atoms with Crippen molar-refractivity contribution >= 4 is 5.97 Å². The van der Waals surface area contributed by atoms with E-state index in [9.17, 15) is 4.79 Å². The number of esters is 1. The van der Waals surface area contributed by atoms with Crippen molar-refractivity contribution in [2.24, 2.45) is 0 Å². The minimum atomic E-state index is -0.776. The van der Waals surface area contributed by atoms with Crippen LogP contribution in [0, 0.1) is 0 Å². The fraction of sp³-hybridized carbons (Fsp3) is 0.533. The highest BCUT2D eigenvalue weighted by molar-refractivity contribution is 5.82. The molecule has 4 nitrogen and oxygen atoms in total.